The van der Waals surface area contributed by atoms with Crippen LogP contribution in [-0.2, 0) is 21.2 Å². The van der Waals surface area contributed by atoms with Gasteiger partial charge in [-0.15, -0.1) is 0 Å². The maximum absolute atomic E-state index is 13.3. The van der Waals surface area contributed by atoms with E-state index < -0.39 is 10.0 Å². The van der Waals surface area contributed by atoms with Gasteiger partial charge in [-0.3, -0.25) is 4.79 Å². The second kappa shape index (κ2) is 7.92. The largest absolute Gasteiger partial charge is 0.309 e. The molecule has 5 rings (SSSR count). The van der Waals surface area contributed by atoms with E-state index in [1.165, 1.54) is 5.57 Å². The van der Waals surface area contributed by atoms with Crippen molar-refractivity contribution in [1.29, 1.82) is 0 Å². The van der Waals surface area contributed by atoms with Gasteiger partial charge >= 0.3 is 0 Å². The first-order valence-corrected chi connectivity index (χ1v) is 12.6. The number of fused-ring (bicyclic) bond motifs is 1. The smallest absolute Gasteiger partial charge is 0.243 e. The summed E-state index contributed by atoms with van der Waals surface area (Å²) in [7, 11) is -3.57. The van der Waals surface area contributed by atoms with Crippen molar-refractivity contribution in [2.75, 3.05) is 18.0 Å². The first-order valence-electron chi connectivity index (χ1n) is 11.2. The Morgan fingerprint density at radius 3 is 2.48 bits per heavy atom. The molecule has 162 valence electrons. The lowest BCUT2D eigenvalue weighted by atomic mass is 9.84. The van der Waals surface area contributed by atoms with E-state index in [0.29, 0.717) is 30.8 Å². The van der Waals surface area contributed by atoms with E-state index in [-0.39, 0.29) is 17.9 Å². The summed E-state index contributed by atoms with van der Waals surface area (Å²) in [5.74, 6) is 0.332. The standard InChI is InChI=1S/C25H28N2O3S/c1-18-16-22-17-23(10-11-24(22)27(18)25(28)21-8-5-9-21)31(29,30)26-14-12-20(13-15-26)19-6-3-2-4-7-19/h2-4,6-7,10-12,17-18,21H,5,8-9,13-16H2,1H3/t18-/m1/s1. The molecule has 2 heterocycles. The molecular weight excluding hydrogens is 408 g/mol. The van der Waals surface area contributed by atoms with Crippen molar-refractivity contribution in [2.45, 2.75) is 50.0 Å². The van der Waals surface area contributed by atoms with Gasteiger partial charge < -0.3 is 4.90 Å². The number of hydrogen-bond donors (Lipinski definition) is 0. The Labute approximate surface area is 184 Å². The fourth-order valence-electron chi connectivity index (χ4n) is 4.89. The lowest BCUT2D eigenvalue weighted by Crippen LogP contribution is -2.42. The number of rotatable bonds is 4. The molecule has 1 saturated carbocycles. The fourth-order valence-corrected chi connectivity index (χ4v) is 6.32. The quantitative estimate of drug-likeness (QED) is 0.720. The second-order valence-electron chi connectivity index (χ2n) is 8.89. The number of nitrogens with zero attached hydrogens (tertiary/aromatic N) is 2. The summed E-state index contributed by atoms with van der Waals surface area (Å²) in [6.45, 7) is 2.90. The molecule has 2 aliphatic heterocycles. The van der Waals surface area contributed by atoms with Crippen molar-refractivity contribution in [3.05, 3.63) is 65.7 Å². The van der Waals surface area contributed by atoms with E-state index in [2.05, 4.69) is 12.1 Å². The predicted octanol–water partition coefficient (Wildman–Crippen LogP) is 4.24. The summed E-state index contributed by atoms with van der Waals surface area (Å²) in [4.78, 5) is 15.1. The summed E-state index contributed by atoms with van der Waals surface area (Å²) in [5, 5.41) is 0. The number of amides is 1. The van der Waals surface area contributed by atoms with Crippen LogP contribution in [0.2, 0.25) is 0 Å². The molecule has 31 heavy (non-hydrogen) atoms. The van der Waals surface area contributed by atoms with Gasteiger partial charge in [0.05, 0.1) is 4.90 Å². The van der Waals surface area contributed by atoms with Crippen molar-refractivity contribution in [3.63, 3.8) is 0 Å². The Hall–Kier alpha value is -2.44. The topological polar surface area (TPSA) is 57.7 Å². The number of carbonyl (C=O) groups is 1. The molecule has 0 saturated heterocycles. The minimum atomic E-state index is -3.57. The third-order valence-corrected chi connectivity index (χ3v) is 8.77. The Balaban J connectivity index is 1.37. The minimum absolute atomic E-state index is 0.0763. The molecule has 1 aliphatic carbocycles. The first-order chi connectivity index (χ1) is 14.9. The van der Waals surface area contributed by atoms with Crippen LogP contribution in [0.15, 0.2) is 59.5 Å². The molecule has 3 aliphatic rings. The van der Waals surface area contributed by atoms with Gasteiger partial charge in [0.1, 0.15) is 0 Å². The molecule has 5 nitrogen and oxygen atoms in total. The molecule has 1 atom stereocenters. The van der Waals surface area contributed by atoms with E-state index >= 15 is 0 Å². The molecule has 0 N–H and O–H groups in total. The average Bonchev–Trinajstić information content (AvgIpc) is 3.08. The van der Waals surface area contributed by atoms with Crippen molar-refractivity contribution in [2.24, 2.45) is 5.92 Å². The van der Waals surface area contributed by atoms with Crippen LogP contribution < -0.4 is 4.90 Å². The highest BCUT2D eigenvalue weighted by atomic mass is 32.2. The molecule has 0 unspecified atom stereocenters. The predicted molar refractivity (Wildman–Crippen MR) is 122 cm³/mol. The number of anilines is 1. The summed E-state index contributed by atoms with van der Waals surface area (Å²) in [5.41, 5.74) is 4.19. The van der Waals surface area contributed by atoms with Crippen LogP contribution in [0, 0.1) is 5.92 Å². The average molecular weight is 437 g/mol. The van der Waals surface area contributed by atoms with Gasteiger partial charge in [0.2, 0.25) is 15.9 Å². The fraction of sp³-hybridized carbons (Fsp3) is 0.400. The van der Waals surface area contributed by atoms with E-state index in [9.17, 15) is 13.2 Å². The van der Waals surface area contributed by atoms with Crippen LogP contribution in [-0.4, -0.2) is 37.8 Å². The van der Waals surface area contributed by atoms with Gasteiger partial charge in [0.25, 0.3) is 0 Å². The van der Waals surface area contributed by atoms with Crippen molar-refractivity contribution in [3.8, 4) is 0 Å². The minimum Gasteiger partial charge on any atom is -0.309 e. The number of hydrogen-bond acceptors (Lipinski definition) is 3. The number of sulfonamides is 1. The van der Waals surface area contributed by atoms with Crippen LogP contribution >= 0.6 is 0 Å². The highest BCUT2D eigenvalue weighted by molar-refractivity contribution is 7.89. The molecule has 6 heteroatoms. The molecule has 2 aromatic rings. The van der Waals surface area contributed by atoms with Crippen molar-refractivity contribution in [1.82, 2.24) is 4.31 Å². The van der Waals surface area contributed by atoms with E-state index in [1.807, 2.05) is 42.2 Å². The van der Waals surface area contributed by atoms with Crippen LogP contribution in [0.25, 0.3) is 5.57 Å². The summed E-state index contributed by atoms with van der Waals surface area (Å²) in [6, 6.07) is 15.5. The van der Waals surface area contributed by atoms with E-state index in [0.717, 1.165) is 36.1 Å². The normalized spacial score (nSPS) is 22.0. The summed E-state index contributed by atoms with van der Waals surface area (Å²) < 4.78 is 28.2. The Morgan fingerprint density at radius 1 is 1.06 bits per heavy atom. The zero-order valence-corrected chi connectivity index (χ0v) is 18.6. The van der Waals surface area contributed by atoms with Crippen LogP contribution in [0.4, 0.5) is 5.69 Å². The molecule has 0 bridgehead atoms. The van der Waals surface area contributed by atoms with Crippen molar-refractivity contribution >= 4 is 27.2 Å². The number of benzene rings is 2. The molecule has 2 aromatic carbocycles. The van der Waals surface area contributed by atoms with Crippen molar-refractivity contribution < 1.29 is 13.2 Å². The first kappa shape index (κ1) is 20.5. The third-order valence-electron chi connectivity index (χ3n) is 6.91. The summed E-state index contributed by atoms with van der Waals surface area (Å²) in [6.07, 6.45) is 6.49. The molecule has 0 spiro atoms. The number of carbonyl (C=O) groups excluding carboxylic acids is 1. The lowest BCUT2D eigenvalue weighted by molar-refractivity contribution is -0.125. The highest BCUT2D eigenvalue weighted by Gasteiger charge is 2.38. The maximum Gasteiger partial charge on any atom is 0.243 e. The van der Waals surface area contributed by atoms with Crippen LogP contribution in [0.3, 0.4) is 0 Å². The molecular formula is C25H28N2O3S. The third kappa shape index (κ3) is 3.62. The van der Waals surface area contributed by atoms with Gasteiger partial charge in [0, 0.05) is 30.7 Å². The van der Waals surface area contributed by atoms with Gasteiger partial charge in [-0.2, -0.15) is 4.31 Å². The van der Waals surface area contributed by atoms with E-state index in [4.69, 9.17) is 0 Å². The zero-order valence-electron chi connectivity index (χ0n) is 17.8. The Morgan fingerprint density at radius 2 is 1.84 bits per heavy atom. The van der Waals surface area contributed by atoms with Gasteiger partial charge in [-0.25, -0.2) is 8.42 Å². The lowest BCUT2D eigenvalue weighted by Gasteiger charge is -2.32. The van der Waals surface area contributed by atoms with Gasteiger partial charge in [-0.1, -0.05) is 42.8 Å². The van der Waals surface area contributed by atoms with Gasteiger partial charge in [-0.05, 0) is 67.5 Å². The van der Waals surface area contributed by atoms with Crippen LogP contribution in [0.5, 0.6) is 0 Å². The Kier molecular flexibility index (Phi) is 5.22. The highest BCUT2D eigenvalue weighted by Crippen LogP contribution is 2.38. The van der Waals surface area contributed by atoms with Crippen LogP contribution in [0.1, 0.15) is 43.7 Å². The van der Waals surface area contributed by atoms with E-state index in [1.54, 1.807) is 16.4 Å². The zero-order chi connectivity index (χ0) is 21.6. The summed E-state index contributed by atoms with van der Waals surface area (Å²) >= 11 is 0. The molecule has 0 radical (unpaired) electrons. The SMILES string of the molecule is C[C@@H]1Cc2cc(S(=O)(=O)N3CC=C(c4ccccc4)CC3)ccc2N1C(=O)C1CCC1. The molecule has 0 aromatic heterocycles. The second-order valence-corrected chi connectivity index (χ2v) is 10.8. The monoisotopic (exact) mass is 436 g/mol. The van der Waals surface area contributed by atoms with Gasteiger partial charge in [0.15, 0.2) is 0 Å². The molecule has 1 fully saturated rings. The molecule has 1 amide bonds. The Bertz CT molecular complexity index is 1140. The maximum atomic E-state index is 13.3.